The number of hydrogen-bond acceptors (Lipinski definition) is 6. The molecule has 2 aliphatic carbocycles. The first-order chi connectivity index (χ1) is 14.6. The second kappa shape index (κ2) is 8.73. The number of hydrogen-bond donors (Lipinski definition) is 1. The molecule has 1 N–H and O–H groups in total. The first-order valence-electron chi connectivity index (χ1n) is 11.0. The van der Waals surface area contributed by atoms with E-state index in [0.717, 1.165) is 19.3 Å². The molecule has 6 heteroatoms. The topological polar surface area (TPSA) is 74.2 Å². The molecule has 1 aromatic rings. The van der Waals surface area contributed by atoms with Crippen molar-refractivity contribution in [2.45, 2.75) is 65.1 Å². The molecule has 0 aromatic heterocycles. The molecule has 1 saturated carbocycles. The molecule has 2 aliphatic rings. The summed E-state index contributed by atoms with van der Waals surface area (Å²) in [5.74, 6) is 0.691. The van der Waals surface area contributed by atoms with Crippen LogP contribution in [0.4, 0.5) is 0 Å². The fraction of sp³-hybridized carbons (Fsp3) is 0.640. The molecule has 4 atom stereocenters. The molecule has 0 saturated heterocycles. The molecule has 1 aromatic carbocycles. The van der Waals surface area contributed by atoms with Gasteiger partial charge in [-0.3, -0.25) is 0 Å². The minimum absolute atomic E-state index is 0.0695. The summed E-state index contributed by atoms with van der Waals surface area (Å²) in [6.07, 6.45) is 4.96. The van der Waals surface area contributed by atoms with Gasteiger partial charge in [0.1, 0.15) is 6.10 Å². The summed E-state index contributed by atoms with van der Waals surface area (Å²) in [7, 11) is 4.55. The number of carbonyl (C=O) groups is 1. The van der Waals surface area contributed by atoms with E-state index in [9.17, 15) is 9.90 Å². The lowest BCUT2D eigenvalue weighted by Crippen LogP contribution is -2.50. The number of carbonyl (C=O) groups excluding carboxylic acids is 1. The van der Waals surface area contributed by atoms with Gasteiger partial charge in [-0.05, 0) is 49.7 Å². The van der Waals surface area contributed by atoms with Crippen LogP contribution in [0.25, 0.3) is 0 Å². The molecular weight excluding hydrogens is 396 g/mol. The second-order valence-corrected chi connectivity index (χ2v) is 9.59. The predicted molar refractivity (Wildman–Crippen MR) is 119 cm³/mol. The molecule has 172 valence electrons. The summed E-state index contributed by atoms with van der Waals surface area (Å²) in [6, 6.07) is 3.21. The van der Waals surface area contributed by atoms with Crippen LogP contribution in [0, 0.1) is 17.3 Å². The Morgan fingerprint density at radius 2 is 1.71 bits per heavy atom. The Balaban J connectivity index is 1.97. The second-order valence-electron chi connectivity index (χ2n) is 9.59. The molecule has 0 spiro atoms. The molecule has 0 bridgehead atoms. The van der Waals surface area contributed by atoms with Crippen LogP contribution >= 0.6 is 0 Å². The summed E-state index contributed by atoms with van der Waals surface area (Å²) in [5, 5.41) is 11.7. The highest BCUT2D eigenvalue weighted by Gasteiger charge is 2.59. The number of ether oxygens (including phenoxy) is 4. The van der Waals surface area contributed by atoms with Gasteiger partial charge in [-0.25, -0.2) is 4.79 Å². The number of esters is 1. The van der Waals surface area contributed by atoms with Crippen LogP contribution in [0.3, 0.4) is 0 Å². The van der Waals surface area contributed by atoms with Gasteiger partial charge in [-0.2, -0.15) is 0 Å². The van der Waals surface area contributed by atoms with Crippen LogP contribution in [0.15, 0.2) is 23.8 Å². The fourth-order valence-corrected chi connectivity index (χ4v) is 5.49. The zero-order valence-corrected chi connectivity index (χ0v) is 19.8. The number of methoxy groups -OCH3 is 3. The highest BCUT2D eigenvalue weighted by atomic mass is 16.5. The minimum Gasteiger partial charge on any atom is -0.493 e. The molecule has 0 radical (unpaired) electrons. The third kappa shape index (κ3) is 4.14. The van der Waals surface area contributed by atoms with Gasteiger partial charge in [-0.1, -0.05) is 32.4 Å². The number of fused-ring (bicyclic) bond motifs is 1. The third-order valence-corrected chi connectivity index (χ3v) is 7.36. The van der Waals surface area contributed by atoms with Crippen molar-refractivity contribution < 1.29 is 28.8 Å². The Morgan fingerprint density at radius 3 is 2.23 bits per heavy atom. The summed E-state index contributed by atoms with van der Waals surface area (Å²) in [6.45, 7) is 8.39. The van der Waals surface area contributed by atoms with E-state index in [-0.39, 0.29) is 17.3 Å². The van der Waals surface area contributed by atoms with Crippen molar-refractivity contribution in [2.75, 3.05) is 21.3 Å². The van der Waals surface area contributed by atoms with Crippen molar-refractivity contribution in [1.29, 1.82) is 0 Å². The van der Waals surface area contributed by atoms with Crippen LogP contribution in [-0.4, -0.2) is 44.1 Å². The fourth-order valence-electron chi connectivity index (χ4n) is 5.49. The van der Waals surface area contributed by atoms with E-state index in [0.29, 0.717) is 29.2 Å². The highest BCUT2D eigenvalue weighted by molar-refractivity contribution is 5.91. The van der Waals surface area contributed by atoms with Gasteiger partial charge in [0.05, 0.1) is 32.5 Å². The van der Waals surface area contributed by atoms with E-state index in [4.69, 9.17) is 18.9 Å². The normalized spacial score (nSPS) is 30.3. The van der Waals surface area contributed by atoms with Crippen LogP contribution in [0.5, 0.6) is 17.2 Å². The van der Waals surface area contributed by atoms with Gasteiger partial charge in [0.25, 0.3) is 0 Å². The highest BCUT2D eigenvalue weighted by Crippen LogP contribution is 2.58. The van der Waals surface area contributed by atoms with Crippen molar-refractivity contribution in [3.8, 4) is 17.2 Å². The average Bonchev–Trinajstić information content (AvgIpc) is 2.95. The summed E-state index contributed by atoms with van der Waals surface area (Å²) in [4.78, 5) is 13.3. The molecular formula is C25H36O6. The summed E-state index contributed by atoms with van der Waals surface area (Å²) >= 11 is 0. The molecule has 1 fully saturated rings. The van der Waals surface area contributed by atoms with E-state index in [1.54, 1.807) is 12.1 Å². The lowest BCUT2D eigenvalue weighted by molar-refractivity contribution is -0.112. The zero-order valence-electron chi connectivity index (χ0n) is 19.8. The lowest BCUT2D eigenvalue weighted by Gasteiger charge is -2.43. The van der Waals surface area contributed by atoms with E-state index in [1.165, 1.54) is 26.9 Å². The molecule has 31 heavy (non-hydrogen) atoms. The summed E-state index contributed by atoms with van der Waals surface area (Å²) in [5.41, 5.74) is 0.530. The van der Waals surface area contributed by atoms with Crippen molar-refractivity contribution in [2.24, 2.45) is 17.3 Å². The Hall–Kier alpha value is -2.21. The van der Waals surface area contributed by atoms with E-state index < -0.39 is 17.7 Å². The zero-order chi connectivity index (χ0) is 23.0. The quantitative estimate of drug-likeness (QED) is 0.515. The van der Waals surface area contributed by atoms with Crippen molar-refractivity contribution in [3.05, 3.63) is 29.3 Å². The molecule has 3 rings (SSSR count). The number of rotatable bonds is 6. The first-order valence-corrected chi connectivity index (χ1v) is 11.0. The van der Waals surface area contributed by atoms with Crippen LogP contribution < -0.4 is 14.2 Å². The Kier molecular flexibility index (Phi) is 6.61. The molecule has 0 aliphatic heterocycles. The number of allylic oxidation sites excluding steroid dienone is 1. The monoisotopic (exact) mass is 432 g/mol. The molecule has 0 amide bonds. The van der Waals surface area contributed by atoms with Crippen LogP contribution in [-0.2, 0) is 4.74 Å². The van der Waals surface area contributed by atoms with Crippen molar-refractivity contribution >= 4 is 5.97 Å². The molecule has 6 nitrogen and oxygen atoms in total. The van der Waals surface area contributed by atoms with E-state index >= 15 is 0 Å². The van der Waals surface area contributed by atoms with Gasteiger partial charge in [0.15, 0.2) is 11.5 Å². The van der Waals surface area contributed by atoms with Gasteiger partial charge in [-0.15, -0.1) is 0 Å². The van der Waals surface area contributed by atoms with E-state index in [1.807, 2.05) is 0 Å². The lowest BCUT2D eigenvalue weighted by atomic mass is 9.67. The largest absolute Gasteiger partial charge is 0.493 e. The van der Waals surface area contributed by atoms with Crippen molar-refractivity contribution in [1.82, 2.24) is 0 Å². The smallest absolute Gasteiger partial charge is 0.338 e. The standard InChI is InChI=1S/C25H36O6/c1-15(2)25(27)11-10-24(4)9-8-16(3)12-20(22(24)25)31-23(26)17-13-18(28-5)21(30-7)19(14-17)29-6/h8,13-15,20,22,27H,9-12H2,1-7H3/t20-,22+,24?,25+/m0/s1. The Labute approximate surface area is 185 Å². The molecule has 1 unspecified atom stereocenters. The minimum atomic E-state index is -0.868. The van der Waals surface area contributed by atoms with Crippen molar-refractivity contribution in [3.63, 3.8) is 0 Å². The predicted octanol–water partition coefficient (Wildman–Crippen LogP) is 4.78. The van der Waals surface area contributed by atoms with Gasteiger partial charge < -0.3 is 24.1 Å². The maximum absolute atomic E-state index is 13.3. The van der Waals surface area contributed by atoms with Gasteiger partial charge in [0.2, 0.25) is 5.75 Å². The Bertz CT molecular complexity index is 835. The van der Waals surface area contributed by atoms with Gasteiger partial charge in [0, 0.05) is 12.3 Å². The number of aliphatic hydroxyl groups is 1. The third-order valence-electron chi connectivity index (χ3n) is 7.36. The van der Waals surface area contributed by atoms with Gasteiger partial charge >= 0.3 is 5.97 Å². The van der Waals surface area contributed by atoms with Crippen LogP contribution in [0.2, 0.25) is 0 Å². The number of benzene rings is 1. The first kappa shape index (κ1) is 23.5. The maximum atomic E-state index is 13.3. The van der Waals surface area contributed by atoms with Crippen LogP contribution in [0.1, 0.15) is 63.7 Å². The van der Waals surface area contributed by atoms with E-state index in [2.05, 4.69) is 33.8 Å². The maximum Gasteiger partial charge on any atom is 0.338 e. The SMILES string of the molecule is COc1cc(C(=O)O[C@H]2CC(C)=CCC3(C)CC[C@@](O)(C(C)C)[C@H]23)cc(OC)c1OC. The average molecular weight is 433 g/mol. The summed E-state index contributed by atoms with van der Waals surface area (Å²) < 4.78 is 22.3. The Morgan fingerprint density at radius 1 is 1.10 bits per heavy atom. The molecule has 0 heterocycles.